The molecule has 1 saturated heterocycles. The zero-order valence-electron chi connectivity index (χ0n) is 11.4. The molecule has 102 valence electrons. The molecule has 0 aliphatic carbocycles. The Hall–Kier alpha value is -0.160. The summed E-state index contributed by atoms with van der Waals surface area (Å²) < 4.78 is 11.3. The standard InChI is InChI=1S/C13H28N2O2/c1-3-5-14-11-13-12-15(7-10-17-13)6-9-16-8-4-2/h13-14H,3-12H2,1-2H3. The van der Waals surface area contributed by atoms with E-state index in [2.05, 4.69) is 24.1 Å². The lowest BCUT2D eigenvalue weighted by Crippen LogP contribution is -2.47. The molecule has 0 radical (unpaired) electrons. The molecule has 4 heteroatoms. The van der Waals surface area contributed by atoms with Gasteiger partial charge in [-0.05, 0) is 19.4 Å². The molecular formula is C13H28N2O2. The Kier molecular flexibility index (Phi) is 8.61. The van der Waals surface area contributed by atoms with Crippen LogP contribution in [0.1, 0.15) is 26.7 Å². The van der Waals surface area contributed by atoms with E-state index in [1.54, 1.807) is 0 Å². The minimum atomic E-state index is 0.349. The Labute approximate surface area is 106 Å². The Morgan fingerprint density at radius 3 is 2.94 bits per heavy atom. The van der Waals surface area contributed by atoms with E-state index in [4.69, 9.17) is 9.47 Å². The average Bonchev–Trinajstić information content (AvgIpc) is 2.36. The maximum atomic E-state index is 5.74. The summed E-state index contributed by atoms with van der Waals surface area (Å²) in [4.78, 5) is 2.44. The average molecular weight is 244 g/mol. The molecule has 1 atom stereocenters. The van der Waals surface area contributed by atoms with E-state index < -0.39 is 0 Å². The second kappa shape index (κ2) is 9.83. The van der Waals surface area contributed by atoms with Gasteiger partial charge in [0.1, 0.15) is 0 Å². The van der Waals surface area contributed by atoms with Crippen LogP contribution in [-0.4, -0.2) is 63.5 Å². The SMILES string of the molecule is CCCNCC1CN(CCOCCC)CCO1. The zero-order chi connectivity index (χ0) is 12.3. The first kappa shape index (κ1) is 14.9. The highest BCUT2D eigenvalue weighted by Gasteiger charge is 2.19. The molecule has 0 aromatic heterocycles. The highest BCUT2D eigenvalue weighted by atomic mass is 16.5. The van der Waals surface area contributed by atoms with Crippen molar-refractivity contribution >= 4 is 0 Å². The molecular weight excluding hydrogens is 216 g/mol. The van der Waals surface area contributed by atoms with Gasteiger partial charge in [-0.3, -0.25) is 4.90 Å². The second-order valence-electron chi connectivity index (χ2n) is 4.61. The van der Waals surface area contributed by atoms with Crippen LogP contribution in [0.4, 0.5) is 0 Å². The number of hydrogen-bond acceptors (Lipinski definition) is 4. The summed E-state index contributed by atoms with van der Waals surface area (Å²) in [5, 5.41) is 3.42. The maximum absolute atomic E-state index is 5.74. The van der Waals surface area contributed by atoms with E-state index in [9.17, 15) is 0 Å². The first-order valence-electron chi connectivity index (χ1n) is 6.99. The van der Waals surface area contributed by atoms with Gasteiger partial charge in [0.25, 0.3) is 0 Å². The van der Waals surface area contributed by atoms with Gasteiger partial charge in [-0.1, -0.05) is 13.8 Å². The monoisotopic (exact) mass is 244 g/mol. The first-order chi connectivity index (χ1) is 8.36. The van der Waals surface area contributed by atoms with Crippen molar-refractivity contribution in [3.63, 3.8) is 0 Å². The van der Waals surface area contributed by atoms with Crippen molar-refractivity contribution < 1.29 is 9.47 Å². The third-order valence-electron chi connectivity index (χ3n) is 2.92. The van der Waals surface area contributed by atoms with Gasteiger partial charge in [0, 0.05) is 32.8 Å². The minimum Gasteiger partial charge on any atom is -0.380 e. The normalized spacial score (nSPS) is 21.9. The van der Waals surface area contributed by atoms with Gasteiger partial charge in [-0.15, -0.1) is 0 Å². The molecule has 0 spiro atoms. The fourth-order valence-electron chi connectivity index (χ4n) is 1.99. The minimum absolute atomic E-state index is 0.349. The molecule has 1 heterocycles. The van der Waals surface area contributed by atoms with E-state index in [0.717, 1.165) is 59.0 Å². The van der Waals surface area contributed by atoms with Crippen LogP contribution in [0.3, 0.4) is 0 Å². The molecule has 1 aliphatic heterocycles. The molecule has 17 heavy (non-hydrogen) atoms. The van der Waals surface area contributed by atoms with Crippen molar-refractivity contribution in [3.8, 4) is 0 Å². The van der Waals surface area contributed by atoms with Crippen LogP contribution < -0.4 is 5.32 Å². The summed E-state index contributed by atoms with van der Waals surface area (Å²) in [7, 11) is 0. The van der Waals surface area contributed by atoms with Crippen LogP contribution in [0.25, 0.3) is 0 Å². The van der Waals surface area contributed by atoms with Gasteiger partial charge in [0.2, 0.25) is 0 Å². The van der Waals surface area contributed by atoms with E-state index in [1.165, 1.54) is 6.42 Å². The lowest BCUT2D eigenvalue weighted by atomic mass is 10.2. The molecule has 1 rings (SSSR count). The van der Waals surface area contributed by atoms with E-state index in [0.29, 0.717) is 6.10 Å². The summed E-state index contributed by atoms with van der Waals surface area (Å²) in [5.74, 6) is 0. The fourth-order valence-corrected chi connectivity index (χ4v) is 1.99. The number of ether oxygens (including phenoxy) is 2. The molecule has 1 aliphatic rings. The van der Waals surface area contributed by atoms with Gasteiger partial charge < -0.3 is 14.8 Å². The summed E-state index contributed by atoms with van der Waals surface area (Å²) in [6.45, 7) is 12.1. The number of nitrogens with zero attached hydrogens (tertiary/aromatic N) is 1. The van der Waals surface area contributed by atoms with Crippen LogP contribution in [0, 0.1) is 0 Å². The van der Waals surface area contributed by atoms with Crippen LogP contribution in [0.15, 0.2) is 0 Å². The summed E-state index contributed by atoms with van der Waals surface area (Å²) in [5.41, 5.74) is 0. The van der Waals surface area contributed by atoms with E-state index in [1.807, 2.05) is 0 Å². The third-order valence-corrected chi connectivity index (χ3v) is 2.92. The number of hydrogen-bond donors (Lipinski definition) is 1. The topological polar surface area (TPSA) is 33.7 Å². The van der Waals surface area contributed by atoms with Crippen LogP contribution in [0.5, 0.6) is 0 Å². The van der Waals surface area contributed by atoms with Crippen LogP contribution in [-0.2, 0) is 9.47 Å². The largest absolute Gasteiger partial charge is 0.380 e. The predicted molar refractivity (Wildman–Crippen MR) is 70.5 cm³/mol. The first-order valence-corrected chi connectivity index (χ1v) is 6.99. The molecule has 0 aromatic carbocycles. The van der Waals surface area contributed by atoms with Gasteiger partial charge in [-0.25, -0.2) is 0 Å². The van der Waals surface area contributed by atoms with Crippen molar-refractivity contribution in [1.82, 2.24) is 10.2 Å². The molecule has 0 amide bonds. The van der Waals surface area contributed by atoms with Crippen LogP contribution >= 0.6 is 0 Å². The molecule has 1 N–H and O–H groups in total. The Balaban J connectivity index is 2.06. The summed E-state index contributed by atoms with van der Waals surface area (Å²) in [6, 6.07) is 0. The van der Waals surface area contributed by atoms with E-state index >= 15 is 0 Å². The molecule has 0 aromatic rings. The van der Waals surface area contributed by atoms with Crippen molar-refractivity contribution in [2.24, 2.45) is 0 Å². The molecule has 0 bridgehead atoms. The maximum Gasteiger partial charge on any atom is 0.0826 e. The Morgan fingerprint density at radius 1 is 1.29 bits per heavy atom. The fraction of sp³-hybridized carbons (Fsp3) is 1.00. The van der Waals surface area contributed by atoms with Crippen LogP contribution in [0.2, 0.25) is 0 Å². The lowest BCUT2D eigenvalue weighted by molar-refractivity contribution is -0.0347. The Morgan fingerprint density at radius 2 is 2.18 bits per heavy atom. The number of rotatable bonds is 9. The summed E-state index contributed by atoms with van der Waals surface area (Å²) in [6.07, 6.45) is 2.63. The predicted octanol–water partition coefficient (Wildman–Crippen LogP) is 1.11. The van der Waals surface area contributed by atoms with Gasteiger partial charge in [0.15, 0.2) is 0 Å². The molecule has 0 saturated carbocycles. The van der Waals surface area contributed by atoms with Gasteiger partial charge in [-0.2, -0.15) is 0 Å². The highest BCUT2D eigenvalue weighted by Crippen LogP contribution is 2.04. The molecule has 1 unspecified atom stereocenters. The highest BCUT2D eigenvalue weighted by molar-refractivity contribution is 4.73. The van der Waals surface area contributed by atoms with Crippen molar-refractivity contribution in [2.45, 2.75) is 32.8 Å². The number of morpholine rings is 1. The van der Waals surface area contributed by atoms with Crippen molar-refractivity contribution in [3.05, 3.63) is 0 Å². The quantitative estimate of drug-likeness (QED) is 0.616. The lowest BCUT2D eigenvalue weighted by Gasteiger charge is -2.32. The van der Waals surface area contributed by atoms with E-state index in [-0.39, 0.29) is 0 Å². The van der Waals surface area contributed by atoms with Crippen molar-refractivity contribution in [2.75, 3.05) is 52.5 Å². The van der Waals surface area contributed by atoms with Gasteiger partial charge >= 0.3 is 0 Å². The second-order valence-corrected chi connectivity index (χ2v) is 4.61. The smallest absolute Gasteiger partial charge is 0.0826 e. The van der Waals surface area contributed by atoms with Crippen molar-refractivity contribution in [1.29, 1.82) is 0 Å². The Bertz CT molecular complexity index is 179. The van der Waals surface area contributed by atoms with Gasteiger partial charge in [0.05, 0.1) is 19.3 Å². The molecule has 1 fully saturated rings. The zero-order valence-corrected chi connectivity index (χ0v) is 11.4. The molecule has 4 nitrogen and oxygen atoms in total. The number of nitrogens with one attached hydrogen (secondary N) is 1. The third kappa shape index (κ3) is 6.99. The summed E-state index contributed by atoms with van der Waals surface area (Å²) >= 11 is 0.